The molecule has 0 bridgehead atoms. The lowest BCUT2D eigenvalue weighted by molar-refractivity contribution is -0.155. The molecule has 0 aromatic heterocycles. The van der Waals surface area contributed by atoms with Gasteiger partial charge in [-0.05, 0) is 70.1 Å². The van der Waals surface area contributed by atoms with Crippen LogP contribution in [0.15, 0.2) is 18.2 Å². The maximum atomic E-state index is 12.7. The van der Waals surface area contributed by atoms with Crippen molar-refractivity contribution < 1.29 is 52.3 Å². The van der Waals surface area contributed by atoms with Gasteiger partial charge in [-0.15, -0.1) is 0 Å². The Kier molecular flexibility index (Phi) is 15.7. The predicted molar refractivity (Wildman–Crippen MR) is 153 cm³/mol. The zero-order chi connectivity index (χ0) is 32.0. The minimum atomic E-state index is -1.11. The molecule has 0 spiro atoms. The van der Waals surface area contributed by atoms with E-state index < -0.39 is 54.9 Å². The maximum absolute atomic E-state index is 12.7. The Balaban J connectivity index is 2.96. The molecule has 1 aromatic rings. The van der Waals surface area contributed by atoms with Crippen molar-refractivity contribution in [1.29, 1.82) is 0 Å². The maximum Gasteiger partial charge on any atom is 0.514 e. The highest BCUT2D eigenvalue weighted by atomic mass is 16.8. The standard InChI is InChI=1S/C30H47NO11/c1-10-11-14-36-28(33)40-22(9)21(8)37-27(32)24(31)15-23-12-13-25(41-29(34)38-19(6)17(2)3)26(16-23)42-30(35)39-20(7)18(4)5/h12-13,16-22,24H,10-11,14-15,31H2,1-9H3/t19-,20?,21?,22?,24-/m0/s1. The number of benzene rings is 1. The molecule has 12 nitrogen and oxygen atoms in total. The number of carbonyl (C=O) groups excluding carboxylic acids is 4. The van der Waals surface area contributed by atoms with E-state index in [0.29, 0.717) is 12.0 Å². The number of hydrogen-bond donors (Lipinski definition) is 1. The Morgan fingerprint density at radius 3 is 1.71 bits per heavy atom. The minimum absolute atomic E-state index is 0.0111. The topological polar surface area (TPSA) is 159 Å². The van der Waals surface area contributed by atoms with Crippen molar-refractivity contribution in [2.45, 2.75) is 112 Å². The van der Waals surface area contributed by atoms with Crippen LogP contribution in [0.25, 0.3) is 0 Å². The molecule has 42 heavy (non-hydrogen) atoms. The molecule has 0 radical (unpaired) electrons. The number of carbonyl (C=O) groups is 4. The molecule has 2 N–H and O–H groups in total. The molecule has 0 saturated heterocycles. The van der Waals surface area contributed by atoms with E-state index >= 15 is 0 Å². The average Bonchev–Trinajstić information content (AvgIpc) is 2.89. The van der Waals surface area contributed by atoms with Crippen LogP contribution in [0.3, 0.4) is 0 Å². The smallest absolute Gasteiger partial charge is 0.458 e. The number of rotatable bonds is 15. The highest BCUT2D eigenvalue weighted by Crippen LogP contribution is 2.30. The molecular formula is C30H47NO11. The molecule has 0 amide bonds. The van der Waals surface area contributed by atoms with E-state index in [-0.39, 0.29) is 36.4 Å². The lowest BCUT2D eigenvalue weighted by Gasteiger charge is -2.22. The molecule has 5 atom stereocenters. The highest BCUT2D eigenvalue weighted by molar-refractivity contribution is 5.76. The largest absolute Gasteiger partial charge is 0.514 e. The van der Waals surface area contributed by atoms with Crippen LogP contribution in [0.1, 0.15) is 80.7 Å². The minimum Gasteiger partial charge on any atom is -0.458 e. The quantitative estimate of drug-likeness (QED) is 0.110. The molecule has 1 rings (SSSR count). The van der Waals surface area contributed by atoms with Gasteiger partial charge in [0, 0.05) is 0 Å². The average molecular weight is 598 g/mol. The second kappa shape index (κ2) is 18.1. The third kappa shape index (κ3) is 13.4. The van der Waals surface area contributed by atoms with Crippen LogP contribution in [0.5, 0.6) is 11.5 Å². The van der Waals surface area contributed by atoms with Gasteiger partial charge in [0.1, 0.15) is 30.5 Å². The summed E-state index contributed by atoms with van der Waals surface area (Å²) in [6.07, 6.45) is -3.67. The summed E-state index contributed by atoms with van der Waals surface area (Å²) in [5.74, 6) is -0.855. The zero-order valence-electron chi connectivity index (χ0n) is 26.2. The number of ether oxygens (including phenoxy) is 7. The second-order valence-corrected chi connectivity index (χ2v) is 10.8. The summed E-state index contributed by atoms with van der Waals surface area (Å²) in [6, 6.07) is 3.24. The fraction of sp³-hybridized carbons (Fsp3) is 0.667. The SMILES string of the molecule is CCCCOC(=O)OC(C)C(C)OC(=O)[C@@H](N)Cc1ccc(OC(=O)O[C@@H](C)C(C)C)c(OC(=O)OC(C)C(C)C)c1. The molecule has 238 valence electrons. The van der Waals surface area contributed by atoms with Gasteiger partial charge in [-0.1, -0.05) is 47.1 Å². The first kappa shape index (κ1) is 36.5. The molecule has 0 heterocycles. The number of unbranched alkanes of at least 4 members (excludes halogenated alkanes) is 1. The number of esters is 1. The molecule has 0 fully saturated rings. The van der Waals surface area contributed by atoms with Gasteiger partial charge in [0.25, 0.3) is 0 Å². The van der Waals surface area contributed by atoms with Crippen molar-refractivity contribution in [3.05, 3.63) is 23.8 Å². The summed E-state index contributed by atoms with van der Waals surface area (Å²) in [7, 11) is 0. The monoisotopic (exact) mass is 597 g/mol. The molecule has 0 aliphatic rings. The van der Waals surface area contributed by atoms with E-state index in [9.17, 15) is 19.2 Å². The van der Waals surface area contributed by atoms with Crippen LogP contribution >= 0.6 is 0 Å². The van der Waals surface area contributed by atoms with Crippen LogP contribution in [-0.2, 0) is 34.9 Å². The summed E-state index contributed by atoms with van der Waals surface area (Å²) in [5.41, 5.74) is 6.57. The van der Waals surface area contributed by atoms with Crippen molar-refractivity contribution in [3.63, 3.8) is 0 Å². The summed E-state index contributed by atoms with van der Waals surface area (Å²) < 4.78 is 36.7. The van der Waals surface area contributed by atoms with Crippen molar-refractivity contribution in [2.75, 3.05) is 6.61 Å². The predicted octanol–water partition coefficient (Wildman–Crippen LogP) is 5.95. The number of hydrogen-bond acceptors (Lipinski definition) is 12. The van der Waals surface area contributed by atoms with Gasteiger partial charge in [0.2, 0.25) is 0 Å². The van der Waals surface area contributed by atoms with Gasteiger partial charge < -0.3 is 38.9 Å². The van der Waals surface area contributed by atoms with E-state index in [1.807, 2.05) is 34.6 Å². The van der Waals surface area contributed by atoms with E-state index in [2.05, 4.69) is 0 Å². The first-order chi connectivity index (χ1) is 19.6. The van der Waals surface area contributed by atoms with Gasteiger partial charge in [-0.2, -0.15) is 0 Å². The van der Waals surface area contributed by atoms with Crippen molar-refractivity contribution in [2.24, 2.45) is 17.6 Å². The van der Waals surface area contributed by atoms with Gasteiger partial charge in [0.15, 0.2) is 11.5 Å². The van der Waals surface area contributed by atoms with Gasteiger partial charge >= 0.3 is 24.4 Å². The first-order valence-electron chi connectivity index (χ1n) is 14.3. The fourth-order valence-electron chi connectivity index (χ4n) is 2.93. The molecule has 12 heteroatoms. The molecule has 0 aliphatic heterocycles. The zero-order valence-corrected chi connectivity index (χ0v) is 26.2. The molecule has 0 aliphatic carbocycles. The van der Waals surface area contributed by atoms with E-state index in [0.717, 1.165) is 6.42 Å². The lowest BCUT2D eigenvalue weighted by Crippen LogP contribution is -2.39. The van der Waals surface area contributed by atoms with Gasteiger partial charge in [0.05, 0.1) is 6.61 Å². The summed E-state index contributed by atoms with van der Waals surface area (Å²) in [4.78, 5) is 49.2. The van der Waals surface area contributed by atoms with Crippen LogP contribution in [0, 0.1) is 11.8 Å². The van der Waals surface area contributed by atoms with Crippen LogP contribution in [0.4, 0.5) is 14.4 Å². The Morgan fingerprint density at radius 1 is 0.690 bits per heavy atom. The molecule has 1 aromatic carbocycles. The second-order valence-electron chi connectivity index (χ2n) is 10.8. The summed E-state index contributed by atoms with van der Waals surface area (Å²) in [6.45, 7) is 16.3. The van der Waals surface area contributed by atoms with Crippen LogP contribution < -0.4 is 15.2 Å². The van der Waals surface area contributed by atoms with Crippen LogP contribution in [0.2, 0.25) is 0 Å². The van der Waals surface area contributed by atoms with E-state index in [4.69, 9.17) is 38.9 Å². The first-order valence-corrected chi connectivity index (χ1v) is 14.3. The third-order valence-electron chi connectivity index (χ3n) is 6.56. The Morgan fingerprint density at radius 2 is 1.19 bits per heavy atom. The molecule has 3 unspecified atom stereocenters. The van der Waals surface area contributed by atoms with E-state index in [1.54, 1.807) is 33.8 Å². The number of nitrogens with two attached hydrogens (primary N) is 1. The van der Waals surface area contributed by atoms with E-state index in [1.165, 1.54) is 12.1 Å². The summed E-state index contributed by atoms with van der Waals surface area (Å²) in [5, 5.41) is 0. The van der Waals surface area contributed by atoms with Crippen molar-refractivity contribution >= 4 is 24.4 Å². The highest BCUT2D eigenvalue weighted by Gasteiger charge is 2.26. The van der Waals surface area contributed by atoms with Crippen LogP contribution in [-0.4, -0.2) is 61.5 Å². The molecule has 0 saturated carbocycles. The Labute approximate surface area is 248 Å². The third-order valence-corrected chi connectivity index (χ3v) is 6.56. The Bertz CT molecular complexity index is 1030. The summed E-state index contributed by atoms with van der Waals surface area (Å²) >= 11 is 0. The molecular weight excluding hydrogens is 550 g/mol. The normalized spacial score (nSPS) is 14.7. The fourth-order valence-corrected chi connectivity index (χ4v) is 2.93. The van der Waals surface area contributed by atoms with Crippen molar-refractivity contribution in [3.8, 4) is 11.5 Å². The van der Waals surface area contributed by atoms with Gasteiger partial charge in [-0.25, -0.2) is 14.4 Å². The Hall–Kier alpha value is -3.54. The van der Waals surface area contributed by atoms with Gasteiger partial charge in [-0.3, -0.25) is 4.79 Å². The lowest BCUT2D eigenvalue weighted by atomic mass is 10.1. The van der Waals surface area contributed by atoms with Crippen molar-refractivity contribution in [1.82, 2.24) is 0 Å².